The number of nitrogens with zero attached hydrogens (tertiary/aromatic N) is 2. The fourth-order valence-electron chi connectivity index (χ4n) is 6.27. The minimum atomic E-state index is -0.151. The molecule has 174 valence electrons. The first-order valence-corrected chi connectivity index (χ1v) is 12.4. The van der Waals surface area contributed by atoms with Gasteiger partial charge in [0.15, 0.2) is 0 Å². The van der Waals surface area contributed by atoms with Crippen molar-refractivity contribution in [3.05, 3.63) is 88.4 Å². The molecule has 3 aliphatic rings. The van der Waals surface area contributed by atoms with Crippen molar-refractivity contribution >= 4 is 11.4 Å². The molecule has 0 bridgehead atoms. The number of ether oxygens (including phenoxy) is 1. The van der Waals surface area contributed by atoms with Gasteiger partial charge in [-0.1, -0.05) is 76.2 Å². The Morgan fingerprint density at radius 1 is 0.706 bits per heavy atom. The third kappa shape index (κ3) is 2.43. The highest BCUT2D eigenvalue weighted by Crippen LogP contribution is 2.61. The van der Waals surface area contributed by atoms with E-state index < -0.39 is 0 Å². The first-order valence-electron chi connectivity index (χ1n) is 12.4. The van der Waals surface area contributed by atoms with Crippen molar-refractivity contribution in [1.29, 1.82) is 0 Å². The van der Waals surface area contributed by atoms with Crippen LogP contribution in [0, 0.1) is 26.2 Å². The van der Waals surface area contributed by atoms with Gasteiger partial charge in [-0.05, 0) is 56.0 Å². The number of rotatable bonds is 0. The molecule has 0 unspecified atom stereocenters. The summed E-state index contributed by atoms with van der Waals surface area (Å²) >= 11 is 0. The molecule has 3 aromatic rings. The van der Waals surface area contributed by atoms with Gasteiger partial charge < -0.3 is 9.64 Å². The van der Waals surface area contributed by atoms with Crippen LogP contribution in [0.2, 0.25) is 0 Å². The zero-order valence-electron chi connectivity index (χ0n) is 21.6. The fraction of sp³-hybridized carbons (Fsp3) is 0.355. The van der Waals surface area contributed by atoms with E-state index in [1.54, 1.807) is 0 Å². The van der Waals surface area contributed by atoms with Gasteiger partial charge in [-0.2, -0.15) is 0 Å². The fourth-order valence-corrected chi connectivity index (χ4v) is 6.27. The van der Waals surface area contributed by atoms with Gasteiger partial charge in [-0.15, -0.1) is 0 Å². The van der Waals surface area contributed by atoms with E-state index in [0.29, 0.717) is 0 Å². The number of allylic oxidation sites excluding steroid dienone is 1. The summed E-state index contributed by atoms with van der Waals surface area (Å²) in [6.45, 7) is 18.6. The highest BCUT2D eigenvalue weighted by molar-refractivity contribution is 5.89. The maximum Gasteiger partial charge on any atom is 0.222 e. The molecule has 0 amide bonds. The number of hydrogen-bond donors (Lipinski definition) is 0. The molecule has 3 heteroatoms. The Kier molecular flexibility index (Phi) is 4.20. The number of para-hydroxylation sites is 2. The lowest BCUT2D eigenvalue weighted by atomic mass is 9.59. The van der Waals surface area contributed by atoms with Gasteiger partial charge in [0.25, 0.3) is 0 Å². The standard InChI is InChI=1S/C31H34N2O/c1-18-16-17-24-27(20(18)3)32-21(4)33-26-19(2)12-11-14-23(26)22-13-9-10-15-25(22)34-29(33)28(32)31(7,8)30(24,5)6/h9-17,21H,1-8H3/t21-/m0/s1. The molecule has 0 saturated carbocycles. The van der Waals surface area contributed by atoms with Crippen molar-refractivity contribution in [2.75, 3.05) is 9.80 Å². The van der Waals surface area contributed by atoms with Crippen LogP contribution in [0.15, 0.2) is 66.2 Å². The Morgan fingerprint density at radius 2 is 1.41 bits per heavy atom. The summed E-state index contributed by atoms with van der Waals surface area (Å²) in [5.74, 6) is 1.89. The molecular weight excluding hydrogens is 416 g/mol. The highest BCUT2D eigenvalue weighted by atomic mass is 16.5. The second kappa shape index (κ2) is 6.69. The van der Waals surface area contributed by atoms with E-state index >= 15 is 0 Å². The minimum Gasteiger partial charge on any atom is -0.438 e. The molecule has 0 N–H and O–H groups in total. The van der Waals surface area contributed by atoms with Crippen molar-refractivity contribution in [2.24, 2.45) is 5.41 Å². The maximum absolute atomic E-state index is 6.94. The molecule has 3 heterocycles. The topological polar surface area (TPSA) is 15.7 Å². The van der Waals surface area contributed by atoms with Gasteiger partial charge in [0.05, 0.1) is 11.4 Å². The SMILES string of the molecule is Cc1ccc2c(c1C)N1C(=C3Oc4ccccc4-c4cccc(C)c4N3[C@H]1C)C(C)(C)C2(C)C. The predicted octanol–water partition coefficient (Wildman–Crippen LogP) is 7.83. The lowest BCUT2D eigenvalue weighted by Crippen LogP contribution is -2.51. The van der Waals surface area contributed by atoms with Crippen LogP contribution in [-0.2, 0) is 5.41 Å². The summed E-state index contributed by atoms with van der Waals surface area (Å²) in [7, 11) is 0. The average Bonchev–Trinajstić information content (AvgIpc) is 2.97. The van der Waals surface area contributed by atoms with Gasteiger partial charge in [0, 0.05) is 27.6 Å². The zero-order valence-corrected chi connectivity index (χ0v) is 21.6. The molecule has 0 saturated heterocycles. The van der Waals surface area contributed by atoms with Gasteiger partial charge in [-0.3, -0.25) is 4.90 Å². The second-order valence-electron chi connectivity index (χ2n) is 11.2. The van der Waals surface area contributed by atoms with Crippen LogP contribution in [-0.4, -0.2) is 6.17 Å². The van der Waals surface area contributed by atoms with E-state index in [9.17, 15) is 0 Å². The molecular formula is C31H34N2O. The molecule has 0 radical (unpaired) electrons. The summed E-state index contributed by atoms with van der Waals surface area (Å²) in [6.07, 6.45) is 0.0915. The number of fused-ring (bicyclic) bond motifs is 8. The van der Waals surface area contributed by atoms with E-state index in [4.69, 9.17) is 4.74 Å². The molecule has 6 rings (SSSR count). The summed E-state index contributed by atoms with van der Waals surface area (Å²) in [4.78, 5) is 5.02. The van der Waals surface area contributed by atoms with Gasteiger partial charge >= 0.3 is 0 Å². The second-order valence-corrected chi connectivity index (χ2v) is 11.2. The number of hydrogen-bond acceptors (Lipinski definition) is 3. The Labute approximate surface area is 203 Å². The van der Waals surface area contributed by atoms with Crippen LogP contribution in [0.1, 0.15) is 56.9 Å². The van der Waals surface area contributed by atoms with Gasteiger partial charge in [0.1, 0.15) is 11.9 Å². The summed E-state index contributed by atoms with van der Waals surface area (Å²) in [5, 5.41) is 0. The molecule has 3 nitrogen and oxygen atoms in total. The Balaban J connectivity index is 1.75. The van der Waals surface area contributed by atoms with Crippen molar-refractivity contribution < 1.29 is 4.74 Å². The minimum absolute atomic E-state index is 0.0703. The van der Waals surface area contributed by atoms with Crippen molar-refractivity contribution in [3.63, 3.8) is 0 Å². The average molecular weight is 451 g/mol. The van der Waals surface area contributed by atoms with Crippen molar-refractivity contribution in [1.82, 2.24) is 0 Å². The van der Waals surface area contributed by atoms with Gasteiger partial charge in [0.2, 0.25) is 5.88 Å². The first kappa shape index (κ1) is 21.3. The largest absolute Gasteiger partial charge is 0.438 e. The lowest BCUT2D eigenvalue weighted by Gasteiger charge is -2.52. The Hall–Kier alpha value is -3.20. The van der Waals surface area contributed by atoms with E-state index in [2.05, 4.69) is 120 Å². The van der Waals surface area contributed by atoms with Crippen LogP contribution in [0.25, 0.3) is 11.1 Å². The quantitative estimate of drug-likeness (QED) is 0.347. The van der Waals surface area contributed by atoms with Crippen molar-refractivity contribution in [3.8, 4) is 16.9 Å². The van der Waals surface area contributed by atoms with Crippen LogP contribution in [0.3, 0.4) is 0 Å². The third-order valence-corrected chi connectivity index (χ3v) is 9.04. The molecule has 3 aromatic carbocycles. The molecule has 0 spiro atoms. The number of aryl methyl sites for hydroxylation is 2. The normalized spacial score (nSPS) is 21.1. The third-order valence-electron chi connectivity index (χ3n) is 9.04. The lowest BCUT2D eigenvalue weighted by molar-refractivity contribution is 0.225. The number of benzene rings is 3. The Morgan fingerprint density at radius 3 is 2.18 bits per heavy atom. The molecule has 0 fully saturated rings. The Bertz CT molecular complexity index is 1390. The van der Waals surface area contributed by atoms with E-state index in [1.165, 1.54) is 44.9 Å². The smallest absolute Gasteiger partial charge is 0.222 e. The summed E-state index contributed by atoms with van der Waals surface area (Å²) in [6, 6.07) is 19.7. The molecule has 34 heavy (non-hydrogen) atoms. The summed E-state index contributed by atoms with van der Waals surface area (Å²) in [5.41, 5.74) is 11.4. The van der Waals surface area contributed by atoms with Crippen LogP contribution in [0.4, 0.5) is 11.4 Å². The summed E-state index contributed by atoms with van der Waals surface area (Å²) < 4.78 is 6.94. The highest BCUT2D eigenvalue weighted by Gasteiger charge is 2.57. The van der Waals surface area contributed by atoms with Crippen LogP contribution >= 0.6 is 0 Å². The monoisotopic (exact) mass is 450 g/mol. The first-order chi connectivity index (χ1) is 16.1. The van der Waals surface area contributed by atoms with E-state index in [0.717, 1.165) is 17.2 Å². The van der Waals surface area contributed by atoms with Crippen molar-refractivity contribution in [2.45, 2.75) is 67.0 Å². The molecule has 0 aromatic heterocycles. The maximum atomic E-state index is 6.94. The van der Waals surface area contributed by atoms with Gasteiger partial charge in [-0.25, -0.2) is 0 Å². The molecule has 0 aliphatic carbocycles. The predicted molar refractivity (Wildman–Crippen MR) is 141 cm³/mol. The molecule has 1 atom stereocenters. The van der Waals surface area contributed by atoms with E-state index in [1.807, 2.05) is 0 Å². The van der Waals surface area contributed by atoms with E-state index in [-0.39, 0.29) is 17.0 Å². The van der Waals surface area contributed by atoms with Crippen LogP contribution < -0.4 is 14.5 Å². The van der Waals surface area contributed by atoms with Crippen LogP contribution in [0.5, 0.6) is 5.75 Å². The zero-order chi connectivity index (χ0) is 24.2. The molecule has 3 aliphatic heterocycles. The number of anilines is 2.